The minimum Gasteiger partial charge on any atom is -0.469 e. The number of fused-ring (bicyclic) bond motifs is 1. The van der Waals surface area contributed by atoms with Crippen molar-refractivity contribution in [3.05, 3.63) is 106 Å². The fraction of sp³-hybridized carbons (Fsp3) is 0.300. The van der Waals surface area contributed by atoms with Gasteiger partial charge in [-0.1, -0.05) is 67.1 Å². The molecule has 0 radical (unpaired) electrons. The van der Waals surface area contributed by atoms with Crippen LogP contribution in [0.25, 0.3) is 11.0 Å². The Labute approximate surface area is 225 Å². The normalized spacial score (nSPS) is 12.7. The fourth-order valence-electron chi connectivity index (χ4n) is 4.56. The van der Waals surface area contributed by atoms with Gasteiger partial charge in [-0.15, -0.1) is 0 Å². The molecule has 0 aliphatic rings. The van der Waals surface area contributed by atoms with Crippen LogP contribution in [0.5, 0.6) is 0 Å². The maximum atomic E-state index is 13.5. The number of ether oxygens (including phenoxy) is 1. The van der Waals surface area contributed by atoms with E-state index in [1.807, 2.05) is 54.6 Å². The molecule has 1 atom stereocenters. The number of esters is 1. The van der Waals surface area contributed by atoms with Crippen LogP contribution >= 0.6 is 11.6 Å². The van der Waals surface area contributed by atoms with Crippen LogP contribution in [0.1, 0.15) is 40.9 Å². The van der Waals surface area contributed by atoms with Crippen LogP contribution in [-0.2, 0) is 35.1 Å². The Morgan fingerprint density at radius 1 is 1.05 bits per heavy atom. The SMILES string of the molecule is COC(=O)Cc1ccc2oc(CCN(Cc3cccc(C(F)(F)F)c3Cl)C[C@H](C)c3ccccc3)cc2c1. The lowest BCUT2D eigenvalue weighted by molar-refractivity contribution is -0.140. The Kier molecular flexibility index (Phi) is 8.80. The first-order chi connectivity index (χ1) is 18.1. The zero-order valence-electron chi connectivity index (χ0n) is 21.2. The average molecular weight is 544 g/mol. The van der Waals surface area contributed by atoms with Crippen molar-refractivity contribution >= 4 is 28.5 Å². The number of hydrogen-bond donors (Lipinski definition) is 0. The van der Waals surface area contributed by atoms with Gasteiger partial charge in [0, 0.05) is 31.4 Å². The summed E-state index contributed by atoms with van der Waals surface area (Å²) < 4.78 is 51.1. The second kappa shape index (κ2) is 12.0. The molecular formula is C30H29ClF3NO3. The van der Waals surface area contributed by atoms with Gasteiger partial charge in [-0.25, -0.2) is 0 Å². The maximum Gasteiger partial charge on any atom is 0.417 e. The van der Waals surface area contributed by atoms with Crippen LogP contribution in [0.3, 0.4) is 0 Å². The predicted octanol–water partition coefficient (Wildman–Crippen LogP) is 7.67. The molecule has 4 rings (SSSR count). The van der Waals surface area contributed by atoms with E-state index in [1.165, 1.54) is 13.2 Å². The zero-order valence-corrected chi connectivity index (χ0v) is 22.0. The molecule has 0 fully saturated rings. The second-order valence-electron chi connectivity index (χ2n) is 9.41. The van der Waals surface area contributed by atoms with E-state index in [-0.39, 0.29) is 29.9 Å². The monoisotopic (exact) mass is 543 g/mol. The minimum absolute atomic E-state index is 0.150. The molecule has 1 heterocycles. The highest BCUT2D eigenvalue weighted by Crippen LogP contribution is 2.36. The summed E-state index contributed by atoms with van der Waals surface area (Å²) in [5.74, 6) is 0.588. The number of nitrogens with zero attached hydrogens (tertiary/aromatic N) is 1. The molecule has 8 heteroatoms. The summed E-state index contributed by atoms with van der Waals surface area (Å²) in [6.07, 6.45) is -3.79. The van der Waals surface area contributed by atoms with Crippen molar-refractivity contribution in [3.63, 3.8) is 0 Å². The number of furan rings is 1. The number of carbonyl (C=O) groups is 1. The second-order valence-corrected chi connectivity index (χ2v) is 9.79. The summed E-state index contributed by atoms with van der Waals surface area (Å²) in [5, 5.41) is 0.616. The quantitative estimate of drug-likeness (QED) is 0.192. The number of benzene rings is 3. The molecule has 0 saturated heterocycles. The van der Waals surface area contributed by atoms with E-state index in [1.54, 1.807) is 6.07 Å². The Hall–Kier alpha value is -3.29. The molecule has 0 saturated carbocycles. The summed E-state index contributed by atoms with van der Waals surface area (Å²) in [4.78, 5) is 13.7. The van der Waals surface area contributed by atoms with E-state index in [0.717, 1.165) is 28.3 Å². The molecular weight excluding hydrogens is 515 g/mol. The maximum absolute atomic E-state index is 13.5. The van der Waals surface area contributed by atoms with E-state index in [2.05, 4.69) is 11.8 Å². The number of hydrogen-bond acceptors (Lipinski definition) is 4. The van der Waals surface area contributed by atoms with Gasteiger partial charge in [0.05, 0.1) is 24.1 Å². The molecule has 0 N–H and O–H groups in total. The molecule has 200 valence electrons. The lowest BCUT2D eigenvalue weighted by atomic mass is 10.00. The number of carbonyl (C=O) groups excluding carboxylic acids is 1. The first-order valence-corrected chi connectivity index (χ1v) is 12.7. The highest BCUT2D eigenvalue weighted by Gasteiger charge is 2.34. The van der Waals surface area contributed by atoms with Gasteiger partial charge in [-0.3, -0.25) is 9.69 Å². The highest BCUT2D eigenvalue weighted by atomic mass is 35.5. The summed E-state index contributed by atoms with van der Waals surface area (Å²) in [6.45, 7) is 3.54. The average Bonchev–Trinajstić information content (AvgIpc) is 3.30. The van der Waals surface area contributed by atoms with Gasteiger partial charge < -0.3 is 9.15 Å². The first-order valence-electron chi connectivity index (χ1n) is 12.3. The molecule has 1 aromatic heterocycles. The highest BCUT2D eigenvalue weighted by molar-refractivity contribution is 6.32. The lowest BCUT2D eigenvalue weighted by Gasteiger charge is -2.27. The third kappa shape index (κ3) is 6.97. The number of rotatable bonds is 10. The van der Waals surface area contributed by atoms with E-state index >= 15 is 0 Å². The van der Waals surface area contributed by atoms with Gasteiger partial charge in [0.15, 0.2) is 0 Å². The predicted molar refractivity (Wildman–Crippen MR) is 142 cm³/mol. The summed E-state index contributed by atoms with van der Waals surface area (Å²) in [5.41, 5.74) is 2.29. The van der Waals surface area contributed by atoms with Gasteiger partial charge in [0.1, 0.15) is 11.3 Å². The Bertz CT molecular complexity index is 1380. The lowest BCUT2D eigenvalue weighted by Crippen LogP contribution is -2.30. The van der Waals surface area contributed by atoms with Crippen molar-refractivity contribution in [2.45, 2.75) is 38.4 Å². The number of halogens is 4. The molecule has 0 aliphatic carbocycles. The Balaban J connectivity index is 1.54. The van der Waals surface area contributed by atoms with Crippen molar-refractivity contribution in [1.29, 1.82) is 0 Å². The van der Waals surface area contributed by atoms with Gasteiger partial charge in [-0.2, -0.15) is 13.2 Å². The molecule has 0 spiro atoms. The van der Waals surface area contributed by atoms with Crippen molar-refractivity contribution in [2.24, 2.45) is 0 Å². The van der Waals surface area contributed by atoms with Crippen molar-refractivity contribution in [3.8, 4) is 0 Å². The van der Waals surface area contributed by atoms with E-state index in [9.17, 15) is 18.0 Å². The van der Waals surface area contributed by atoms with Crippen LogP contribution in [0, 0.1) is 0 Å². The van der Waals surface area contributed by atoms with Crippen LogP contribution in [0.4, 0.5) is 13.2 Å². The minimum atomic E-state index is -4.52. The molecule has 4 nitrogen and oxygen atoms in total. The molecule has 0 amide bonds. The topological polar surface area (TPSA) is 42.7 Å². The van der Waals surface area contributed by atoms with Crippen LogP contribution in [0.15, 0.2) is 77.2 Å². The van der Waals surface area contributed by atoms with Crippen molar-refractivity contribution in [1.82, 2.24) is 4.90 Å². The fourth-order valence-corrected chi connectivity index (χ4v) is 4.85. The van der Waals surface area contributed by atoms with Gasteiger partial charge in [-0.05, 0) is 46.9 Å². The summed E-state index contributed by atoms with van der Waals surface area (Å²) in [6, 6.07) is 21.5. The number of methoxy groups -OCH3 is 1. The van der Waals surface area contributed by atoms with Crippen LogP contribution in [-0.4, -0.2) is 31.1 Å². The van der Waals surface area contributed by atoms with Gasteiger partial charge in [0.2, 0.25) is 0 Å². The number of alkyl halides is 3. The molecule has 0 unspecified atom stereocenters. The first kappa shape index (κ1) is 27.7. The van der Waals surface area contributed by atoms with E-state index in [4.69, 9.17) is 20.8 Å². The standard InChI is InChI=1S/C30H29ClF3NO3/c1-20(22-7-4-3-5-8-22)18-35(19-23-9-6-10-26(29(23)31)30(32,33)34)14-13-25-17-24-15-21(16-28(36)37-2)11-12-27(24)38-25/h3-12,15,17,20H,13-14,16,18-19H2,1-2H3/t20-/m0/s1. The van der Waals surface area contributed by atoms with Crippen molar-refractivity contribution in [2.75, 3.05) is 20.2 Å². The molecule has 3 aromatic carbocycles. The van der Waals surface area contributed by atoms with Gasteiger partial charge >= 0.3 is 12.1 Å². The smallest absolute Gasteiger partial charge is 0.417 e. The largest absolute Gasteiger partial charge is 0.469 e. The van der Waals surface area contributed by atoms with E-state index in [0.29, 0.717) is 30.7 Å². The van der Waals surface area contributed by atoms with Crippen LogP contribution < -0.4 is 0 Å². The Morgan fingerprint density at radius 3 is 2.53 bits per heavy atom. The molecule has 0 aliphatic heterocycles. The summed E-state index contributed by atoms with van der Waals surface area (Å²) >= 11 is 6.22. The molecule has 0 bridgehead atoms. The molecule has 38 heavy (non-hydrogen) atoms. The van der Waals surface area contributed by atoms with Crippen LogP contribution in [0.2, 0.25) is 5.02 Å². The third-order valence-corrected chi connectivity index (χ3v) is 7.01. The third-order valence-electron chi connectivity index (χ3n) is 6.56. The summed E-state index contributed by atoms with van der Waals surface area (Å²) in [7, 11) is 1.35. The Morgan fingerprint density at radius 2 is 1.82 bits per heavy atom. The molecule has 4 aromatic rings. The zero-order chi connectivity index (χ0) is 27.3. The van der Waals surface area contributed by atoms with Crippen molar-refractivity contribution < 1.29 is 27.1 Å². The van der Waals surface area contributed by atoms with E-state index < -0.39 is 11.7 Å². The van der Waals surface area contributed by atoms with Gasteiger partial charge in [0.25, 0.3) is 0 Å².